The molecule has 20 heavy (non-hydrogen) atoms. The van der Waals surface area contributed by atoms with Crippen LogP contribution in [0.1, 0.15) is 21.6 Å². The van der Waals surface area contributed by atoms with Crippen molar-refractivity contribution in [3.8, 4) is 5.88 Å². The molecule has 2 aromatic heterocycles. The summed E-state index contributed by atoms with van der Waals surface area (Å²) in [6.45, 7) is 2.18. The van der Waals surface area contributed by atoms with Gasteiger partial charge in [0.1, 0.15) is 0 Å². The zero-order valence-corrected chi connectivity index (χ0v) is 11.4. The third kappa shape index (κ3) is 3.23. The smallest absolute Gasteiger partial charge is 0.255 e. The van der Waals surface area contributed by atoms with Gasteiger partial charge in [-0.1, -0.05) is 6.07 Å². The number of hydrogen-bond acceptors (Lipinski definition) is 5. The van der Waals surface area contributed by atoms with Crippen LogP contribution < -0.4 is 15.8 Å². The van der Waals surface area contributed by atoms with E-state index < -0.39 is 0 Å². The van der Waals surface area contributed by atoms with Crippen LogP contribution in [-0.4, -0.2) is 23.0 Å². The van der Waals surface area contributed by atoms with Crippen molar-refractivity contribution in [1.29, 1.82) is 0 Å². The second-order valence-electron chi connectivity index (χ2n) is 4.30. The summed E-state index contributed by atoms with van der Waals surface area (Å²) in [4.78, 5) is 20.1. The van der Waals surface area contributed by atoms with Gasteiger partial charge in [-0.15, -0.1) is 0 Å². The van der Waals surface area contributed by atoms with Crippen LogP contribution in [0.2, 0.25) is 0 Å². The molecular formula is C14H16N4O2. The van der Waals surface area contributed by atoms with Gasteiger partial charge >= 0.3 is 0 Å². The molecule has 0 saturated heterocycles. The van der Waals surface area contributed by atoms with Crippen molar-refractivity contribution in [3.63, 3.8) is 0 Å². The highest BCUT2D eigenvalue weighted by molar-refractivity contribution is 5.98. The Morgan fingerprint density at radius 2 is 2.15 bits per heavy atom. The predicted octanol–water partition coefficient (Wildman–Crippen LogP) is 1.31. The normalized spacial score (nSPS) is 10.1. The van der Waals surface area contributed by atoms with E-state index in [9.17, 15) is 4.79 Å². The number of hydrogen-bond donors (Lipinski definition) is 2. The molecule has 0 unspecified atom stereocenters. The summed E-state index contributed by atoms with van der Waals surface area (Å²) in [5.74, 6) is 0.276. The lowest BCUT2D eigenvalue weighted by Gasteiger charge is -2.08. The minimum absolute atomic E-state index is 0.259. The van der Waals surface area contributed by atoms with Gasteiger partial charge in [0.2, 0.25) is 5.88 Å². The first-order valence-electron chi connectivity index (χ1n) is 6.09. The molecule has 6 nitrogen and oxygen atoms in total. The Hall–Kier alpha value is -2.63. The third-order valence-corrected chi connectivity index (χ3v) is 2.78. The maximum absolute atomic E-state index is 12.0. The molecule has 1 amide bonds. The number of nitrogen functional groups attached to an aromatic ring is 1. The zero-order chi connectivity index (χ0) is 14.5. The highest BCUT2D eigenvalue weighted by Crippen LogP contribution is 2.12. The Balaban J connectivity index is 2.00. The molecule has 0 atom stereocenters. The van der Waals surface area contributed by atoms with E-state index in [2.05, 4.69) is 15.3 Å². The minimum Gasteiger partial charge on any atom is -0.481 e. The van der Waals surface area contributed by atoms with Gasteiger partial charge in [0.25, 0.3) is 5.91 Å². The highest BCUT2D eigenvalue weighted by Gasteiger charge is 2.10. The number of rotatable bonds is 4. The van der Waals surface area contributed by atoms with E-state index in [1.54, 1.807) is 25.4 Å². The van der Waals surface area contributed by atoms with Crippen LogP contribution in [0.5, 0.6) is 5.88 Å². The van der Waals surface area contributed by atoms with Crippen molar-refractivity contribution in [2.75, 3.05) is 12.8 Å². The number of methoxy groups -OCH3 is 1. The number of anilines is 1. The molecule has 0 aliphatic rings. The van der Waals surface area contributed by atoms with Gasteiger partial charge in [0.15, 0.2) is 0 Å². The van der Waals surface area contributed by atoms with Gasteiger partial charge in [-0.05, 0) is 18.6 Å². The largest absolute Gasteiger partial charge is 0.481 e. The molecule has 2 rings (SSSR count). The van der Waals surface area contributed by atoms with E-state index in [0.29, 0.717) is 23.7 Å². The van der Waals surface area contributed by atoms with Crippen LogP contribution in [0.4, 0.5) is 5.69 Å². The van der Waals surface area contributed by atoms with E-state index in [1.807, 2.05) is 13.0 Å². The van der Waals surface area contributed by atoms with Gasteiger partial charge in [-0.2, -0.15) is 0 Å². The van der Waals surface area contributed by atoms with Crippen molar-refractivity contribution in [3.05, 3.63) is 47.4 Å². The average Bonchev–Trinajstić information content (AvgIpc) is 2.45. The summed E-state index contributed by atoms with van der Waals surface area (Å²) in [7, 11) is 1.55. The van der Waals surface area contributed by atoms with E-state index in [4.69, 9.17) is 10.5 Å². The number of nitrogens with zero attached hydrogens (tertiary/aromatic N) is 2. The predicted molar refractivity (Wildman–Crippen MR) is 75.3 cm³/mol. The molecule has 0 aromatic carbocycles. The Morgan fingerprint density at radius 1 is 1.35 bits per heavy atom. The summed E-state index contributed by atoms with van der Waals surface area (Å²) < 4.78 is 4.97. The van der Waals surface area contributed by atoms with Gasteiger partial charge in [0.05, 0.1) is 12.7 Å². The molecule has 0 aliphatic heterocycles. The number of ether oxygens (including phenoxy) is 1. The lowest BCUT2D eigenvalue weighted by molar-refractivity contribution is 0.0951. The maximum atomic E-state index is 12.0. The second kappa shape index (κ2) is 6.01. The Bertz CT molecular complexity index is 611. The number of amides is 1. The summed E-state index contributed by atoms with van der Waals surface area (Å²) in [5, 5.41) is 2.77. The molecular weight excluding hydrogens is 256 g/mol. The molecule has 0 spiro atoms. The zero-order valence-electron chi connectivity index (χ0n) is 11.4. The van der Waals surface area contributed by atoms with Crippen molar-refractivity contribution in [1.82, 2.24) is 15.3 Å². The van der Waals surface area contributed by atoms with Gasteiger partial charge in [-0.25, -0.2) is 4.98 Å². The minimum atomic E-state index is -0.259. The highest BCUT2D eigenvalue weighted by atomic mass is 16.5. The fraction of sp³-hybridized carbons (Fsp3) is 0.214. The Kier molecular flexibility index (Phi) is 4.14. The molecule has 0 bridgehead atoms. The fourth-order valence-corrected chi connectivity index (χ4v) is 1.68. The number of pyridine rings is 2. The number of carbonyl (C=O) groups excluding carboxylic acids is 1. The molecule has 0 fully saturated rings. The van der Waals surface area contributed by atoms with E-state index >= 15 is 0 Å². The molecule has 0 saturated carbocycles. The van der Waals surface area contributed by atoms with E-state index in [0.717, 1.165) is 11.3 Å². The lowest BCUT2D eigenvalue weighted by Crippen LogP contribution is -2.24. The quantitative estimate of drug-likeness (QED) is 0.875. The number of nitrogens with one attached hydrogen (secondary N) is 1. The molecule has 104 valence electrons. The van der Waals surface area contributed by atoms with Crippen molar-refractivity contribution >= 4 is 11.6 Å². The number of aryl methyl sites for hydroxylation is 1. The van der Waals surface area contributed by atoms with Gasteiger partial charge in [-0.3, -0.25) is 9.78 Å². The monoisotopic (exact) mass is 272 g/mol. The first-order chi connectivity index (χ1) is 9.60. The Morgan fingerprint density at radius 3 is 2.75 bits per heavy atom. The number of aromatic nitrogens is 2. The first-order valence-corrected chi connectivity index (χ1v) is 6.09. The summed E-state index contributed by atoms with van der Waals surface area (Å²) >= 11 is 0. The van der Waals surface area contributed by atoms with Crippen molar-refractivity contribution in [2.45, 2.75) is 13.5 Å². The molecule has 2 heterocycles. The lowest BCUT2D eigenvalue weighted by atomic mass is 10.2. The van der Waals surface area contributed by atoms with E-state index in [1.165, 1.54) is 6.20 Å². The van der Waals surface area contributed by atoms with Crippen molar-refractivity contribution < 1.29 is 9.53 Å². The van der Waals surface area contributed by atoms with Crippen LogP contribution in [0.25, 0.3) is 0 Å². The maximum Gasteiger partial charge on any atom is 0.255 e. The average molecular weight is 272 g/mol. The molecule has 0 aliphatic carbocycles. The molecule has 0 radical (unpaired) electrons. The first kappa shape index (κ1) is 13.8. The SMILES string of the molecule is COc1ccc(CNC(=O)c2cnc(C)cc2N)cn1. The summed E-state index contributed by atoms with van der Waals surface area (Å²) in [6, 6.07) is 5.25. The molecule has 3 N–H and O–H groups in total. The second-order valence-corrected chi connectivity index (χ2v) is 4.30. The third-order valence-electron chi connectivity index (χ3n) is 2.78. The fourth-order valence-electron chi connectivity index (χ4n) is 1.68. The summed E-state index contributed by atoms with van der Waals surface area (Å²) in [5.41, 5.74) is 8.24. The number of carbonyl (C=O) groups is 1. The van der Waals surface area contributed by atoms with Crippen LogP contribution in [0.15, 0.2) is 30.6 Å². The van der Waals surface area contributed by atoms with E-state index in [-0.39, 0.29) is 5.91 Å². The Labute approximate surface area is 117 Å². The molecule has 2 aromatic rings. The van der Waals surface area contributed by atoms with Gasteiger partial charge < -0.3 is 15.8 Å². The van der Waals surface area contributed by atoms with Crippen LogP contribution >= 0.6 is 0 Å². The standard InChI is InChI=1S/C14H16N4O2/c1-9-5-12(15)11(8-16-9)14(19)18-7-10-3-4-13(20-2)17-6-10/h3-6,8H,7H2,1-2H3,(H2,15,16)(H,18,19). The molecule has 6 heteroatoms. The van der Waals surface area contributed by atoms with Gasteiger partial charge in [0, 0.05) is 36.4 Å². The topological polar surface area (TPSA) is 90.1 Å². The van der Waals surface area contributed by atoms with Crippen molar-refractivity contribution in [2.24, 2.45) is 0 Å². The van der Waals surface area contributed by atoms with Crippen LogP contribution in [-0.2, 0) is 6.54 Å². The van der Waals surface area contributed by atoms with Crippen LogP contribution in [0, 0.1) is 6.92 Å². The number of nitrogens with two attached hydrogens (primary N) is 1. The summed E-state index contributed by atoms with van der Waals surface area (Å²) in [6.07, 6.45) is 3.13. The van der Waals surface area contributed by atoms with Crippen LogP contribution in [0.3, 0.4) is 0 Å².